The summed E-state index contributed by atoms with van der Waals surface area (Å²) in [6.07, 6.45) is 0.0180. The fourth-order valence-corrected chi connectivity index (χ4v) is 1.69. The van der Waals surface area contributed by atoms with Crippen molar-refractivity contribution in [1.29, 1.82) is 0 Å². The summed E-state index contributed by atoms with van der Waals surface area (Å²) in [5.74, 6) is -0.195. The molecule has 0 spiro atoms. The van der Waals surface area contributed by atoms with E-state index in [1.807, 2.05) is 6.07 Å². The van der Waals surface area contributed by atoms with E-state index in [0.717, 1.165) is 25.3 Å². The number of rotatable bonds is 1. The first-order valence-electron chi connectivity index (χ1n) is 4.81. The summed E-state index contributed by atoms with van der Waals surface area (Å²) < 4.78 is 18.5. The normalized spacial score (nSPS) is 23.7. The van der Waals surface area contributed by atoms with Gasteiger partial charge < -0.3 is 9.64 Å². The van der Waals surface area contributed by atoms with Crippen LogP contribution in [0.1, 0.15) is 11.7 Å². The molecule has 0 amide bonds. The third-order valence-corrected chi connectivity index (χ3v) is 2.49. The van der Waals surface area contributed by atoms with Gasteiger partial charge >= 0.3 is 0 Å². The Hall–Kier alpha value is -0.930. The van der Waals surface area contributed by atoms with Gasteiger partial charge in [-0.05, 0) is 24.7 Å². The highest BCUT2D eigenvalue weighted by Crippen LogP contribution is 2.21. The molecule has 14 heavy (non-hydrogen) atoms. The van der Waals surface area contributed by atoms with Gasteiger partial charge in [0, 0.05) is 13.1 Å². The Bertz CT molecular complexity index is 316. The molecule has 0 aromatic heterocycles. The quantitative estimate of drug-likeness (QED) is 0.677. The molecule has 0 saturated carbocycles. The monoisotopic (exact) mass is 195 g/mol. The Morgan fingerprint density at radius 3 is 3.07 bits per heavy atom. The van der Waals surface area contributed by atoms with Gasteiger partial charge in [0.1, 0.15) is 5.82 Å². The van der Waals surface area contributed by atoms with Crippen molar-refractivity contribution in [2.24, 2.45) is 0 Å². The molecule has 2 nitrogen and oxygen atoms in total. The van der Waals surface area contributed by atoms with Gasteiger partial charge in [0.2, 0.25) is 0 Å². The summed E-state index contributed by atoms with van der Waals surface area (Å²) in [5.41, 5.74) is 0.927. The number of morpholine rings is 1. The highest BCUT2D eigenvalue weighted by molar-refractivity contribution is 5.19. The van der Waals surface area contributed by atoms with Crippen molar-refractivity contribution in [3.8, 4) is 0 Å². The summed E-state index contributed by atoms with van der Waals surface area (Å²) in [4.78, 5) is 2.19. The molecule has 1 heterocycles. The van der Waals surface area contributed by atoms with Gasteiger partial charge in [-0.25, -0.2) is 4.39 Å². The molecule has 0 radical (unpaired) electrons. The average molecular weight is 195 g/mol. The highest BCUT2D eigenvalue weighted by Gasteiger charge is 2.19. The minimum atomic E-state index is -0.195. The number of hydrogen-bond donors (Lipinski definition) is 0. The molecule has 0 aliphatic carbocycles. The van der Waals surface area contributed by atoms with Crippen LogP contribution in [0.3, 0.4) is 0 Å². The third kappa shape index (κ3) is 2.11. The summed E-state index contributed by atoms with van der Waals surface area (Å²) in [5, 5.41) is 0. The lowest BCUT2D eigenvalue weighted by atomic mass is 10.1. The maximum absolute atomic E-state index is 13.0. The Labute approximate surface area is 83.3 Å². The van der Waals surface area contributed by atoms with Crippen molar-refractivity contribution in [1.82, 2.24) is 4.90 Å². The zero-order valence-corrected chi connectivity index (χ0v) is 8.24. The molecule has 0 N–H and O–H groups in total. The van der Waals surface area contributed by atoms with E-state index in [9.17, 15) is 4.39 Å². The van der Waals surface area contributed by atoms with Gasteiger partial charge in [-0.2, -0.15) is 0 Å². The SMILES string of the molecule is CN1CCO[C@H](c2cccc(F)c2)C1. The van der Waals surface area contributed by atoms with Crippen molar-refractivity contribution >= 4 is 0 Å². The number of nitrogens with zero attached hydrogens (tertiary/aromatic N) is 1. The Morgan fingerprint density at radius 2 is 2.36 bits per heavy atom. The molecule has 1 saturated heterocycles. The zero-order chi connectivity index (χ0) is 9.97. The average Bonchev–Trinajstić information content (AvgIpc) is 2.18. The van der Waals surface area contributed by atoms with Crippen molar-refractivity contribution in [3.05, 3.63) is 35.6 Å². The van der Waals surface area contributed by atoms with Crippen LogP contribution in [0.15, 0.2) is 24.3 Å². The van der Waals surface area contributed by atoms with Crippen LogP contribution in [-0.4, -0.2) is 31.6 Å². The van der Waals surface area contributed by atoms with Crippen molar-refractivity contribution < 1.29 is 9.13 Å². The first-order chi connectivity index (χ1) is 6.75. The van der Waals surface area contributed by atoms with E-state index >= 15 is 0 Å². The molecule has 76 valence electrons. The van der Waals surface area contributed by atoms with E-state index in [-0.39, 0.29) is 11.9 Å². The van der Waals surface area contributed by atoms with Gasteiger partial charge in [0.15, 0.2) is 0 Å². The highest BCUT2D eigenvalue weighted by atomic mass is 19.1. The number of benzene rings is 1. The number of likely N-dealkylation sites (N-methyl/N-ethyl adjacent to an activating group) is 1. The van der Waals surface area contributed by atoms with E-state index in [1.165, 1.54) is 6.07 Å². The van der Waals surface area contributed by atoms with Crippen LogP contribution in [0.25, 0.3) is 0 Å². The molecule has 3 heteroatoms. The molecule has 0 bridgehead atoms. The lowest BCUT2D eigenvalue weighted by Gasteiger charge is -2.30. The number of halogens is 1. The van der Waals surface area contributed by atoms with Crippen LogP contribution in [-0.2, 0) is 4.74 Å². The van der Waals surface area contributed by atoms with E-state index in [1.54, 1.807) is 12.1 Å². The van der Waals surface area contributed by atoms with Crippen molar-refractivity contribution in [2.45, 2.75) is 6.10 Å². The summed E-state index contributed by atoms with van der Waals surface area (Å²) in [6.45, 7) is 2.51. The van der Waals surface area contributed by atoms with Crippen molar-refractivity contribution in [2.75, 3.05) is 26.7 Å². The molecule has 1 fully saturated rings. The fraction of sp³-hybridized carbons (Fsp3) is 0.455. The largest absolute Gasteiger partial charge is 0.371 e. The van der Waals surface area contributed by atoms with E-state index in [0.29, 0.717) is 0 Å². The molecule has 1 aromatic rings. The molecule has 1 aliphatic heterocycles. The van der Waals surface area contributed by atoms with E-state index in [4.69, 9.17) is 4.74 Å². The fourth-order valence-electron chi connectivity index (χ4n) is 1.69. The van der Waals surface area contributed by atoms with Gasteiger partial charge in [-0.3, -0.25) is 0 Å². The summed E-state index contributed by atoms with van der Waals surface area (Å²) in [7, 11) is 2.05. The standard InChI is InChI=1S/C11H14FNO/c1-13-5-6-14-11(8-13)9-3-2-4-10(12)7-9/h2-4,7,11H,5-6,8H2,1H3/t11-/m0/s1. The molecule has 1 aromatic carbocycles. The maximum atomic E-state index is 13.0. The van der Waals surface area contributed by atoms with Crippen LogP contribution in [0.5, 0.6) is 0 Å². The lowest BCUT2D eigenvalue weighted by Crippen LogP contribution is -2.35. The molecule has 1 atom stereocenters. The molecule has 0 unspecified atom stereocenters. The molecule has 1 aliphatic rings. The number of ether oxygens (including phenoxy) is 1. The van der Waals surface area contributed by atoms with Crippen LogP contribution >= 0.6 is 0 Å². The Morgan fingerprint density at radius 1 is 1.50 bits per heavy atom. The van der Waals surface area contributed by atoms with Crippen LogP contribution in [0.4, 0.5) is 4.39 Å². The first-order valence-corrected chi connectivity index (χ1v) is 4.81. The molecular formula is C11H14FNO. The lowest BCUT2D eigenvalue weighted by molar-refractivity contribution is -0.0210. The third-order valence-electron chi connectivity index (χ3n) is 2.49. The molecular weight excluding hydrogens is 181 g/mol. The van der Waals surface area contributed by atoms with Gasteiger partial charge in [-0.15, -0.1) is 0 Å². The Balaban J connectivity index is 2.14. The summed E-state index contributed by atoms with van der Waals surface area (Å²) >= 11 is 0. The van der Waals surface area contributed by atoms with Crippen LogP contribution in [0, 0.1) is 5.82 Å². The number of hydrogen-bond acceptors (Lipinski definition) is 2. The van der Waals surface area contributed by atoms with E-state index in [2.05, 4.69) is 11.9 Å². The second-order valence-electron chi connectivity index (χ2n) is 3.68. The van der Waals surface area contributed by atoms with Gasteiger partial charge in [0.05, 0.1) is 12.7 Å². The molecule has 2 rings (SSSR count). The van der Waals surface area contributed by atoms with Crippen LogP contribution in [0.2, 0.25) is 0 Å². The minimum absolute atomic E-state index is 0.0180. The second kappa shape index (κ2) is 4.07. The summed E-state index contributed by atoms with van der Waals surface area (Å²) in [6, 6.07) is 6.63. The Kier molecular flexibility index (Phi) is 2.79. The predicted octanol–water partition coefficient (Wildman–Crippen LogP) is 1.83. The van der Waals surface area contributed by atoms with Gasteiger partial charge in [0.25, 0.3) is 0 Å². The second-order valence-corrected chi connectivity index (χ2v) is 3.68. The smallest absolute Gasteiger partial charge is 0.123 e. The zero-order valence-electron chi connectivity index (χ0n) is 8.24. The van der Waals surface area contributed by atoms with Gasteiger partial charge in [-0.1, -0.05) is 12.1 Å². The van der Waals surface area contributed by atoms with Crippen LogP contribution < -0.4 is 0 Å². The van der Waals surface area contributed by atoms with E-state index < -0.39 is 0 Å². The maximum Gasteiger partial charge on any atom is 0.123 e. The van der Waals surface area contributed by atoms with Crippen molar-refractivity contribution in [3.63, 3.8) is 0 Å². The topological polar surface area (TPSA) is 12.5 Å². The minimum Gasteiger partial charge on any atom is -0.371 e. The first kappa shape index (κ1) is 9.62. The predicted molar refractivity (Wildman–Crippen MR) is 52.6 cm³/mol.